The van der Waals surface area contributed by atoms with Crippen molar-refractivity contribution in [1.29, 1.82) is 0 Å². The molecule has 1 aromatic carbocycles. The molecular weight excluding hydrogens is 316 g/mol. The van der Waals surface area contributed by atoms with Gasteiger partial charge < -0.3 is 15.5 Å². The lowest BCUT2D eigenvalue weighted by molar-refractivity contribution is -0.117. The van der Waals surface area contributed by atoms with Crippen LogP contribution < -0.4 is 10.6 Å². The molecule has 6 nitrogen and oxygen atoms in total. The van der Waals surface area contributed by atoms with Crippen LogP contribution in [0.1, 0.15) is 16.8 Å². The first-order chi connectivity index (χ1) is 10.6. The van der Waals surface area contributed by atoms with Crippen molar-refractivity contribution >= 4 is 29.9 Å². The molecule has 0 atom stereocenters. The zero-order valence-corrected chi connectivity index (χ0v) is 14.5. The number of anilines is 1. The van der Waals surface area contributed by atoms with E-state index in [9.17, 15) is 9.59 Å². The van der Waals surface area contributed by atoms with Crippen molar-refractivity contribution in [2.24, 2.45) is 0 Å². The third-order valence-corrected chi connectivity index (χ3v) is 3.62. The first kappa shape index (κ1) is 19.4. The molecule has 0 unspecified atom stereocenters. The molecule has 23 heavy (non-hydrogen) atoms. The summed E-state index contributed by atoms with van der Waals surface area (Å²) in [6.45, 7) is 4.18. The topological polar surface area (TPSA) is 64.7 Å². The van der Waals surface area contributed by atoms with Gasteiger partial charge >= 0.3 is 0 Å². The minimum Gasteiger partial charge on any atom is -0.345 e. The van der Waals surface area contributed by atoms with Crippen LogP contribution in [-0.2, 0) is 4.79 Å². The van der Waals surface area contributed by atoms with Crippen LogP contribution in [0.4, 0.5) is 5.69 Å². The van der Waals surface area contributed by atoms with Crippen LogP contribution in [0.15, 0.2) is 24.3 Å². The van der Waals surface area contributed by atoms with Crippen molar-refractivity contribution in [3.8, 4) is 0 Å². The molecule has 2 rings (SSSR count). The van der Waals surface area contributed by atoms with Gasteiger partial charge in [-0.25, -0.2) is 0 Å². The molecule has 0 aliphatic carbocycles. The van der Waals surface area contributed by atoms with E-state index in [1.807, 2.05) is 0 Å². The molecule has 1 fully saturated rings. The normalized spacial score (nSPS) is 15.2. The predicted molar refractivity (Wildman–Crippen MR) is 94.3 cm³/mol. The Morgan fingerprint density at radius 1 is 1.17 bits per heavy atom. The molecule has 1 saturated heterocycles. The highest BCUT2D eigenvalue weighted by Crippen LogP contribution is 2.11. The van der Waals surface area contributed by atoms with Crippen molar-refractivity contribution < 1.29 is 9.59 Å². The van der Waals surface area contributed by atoms with E-state index >= 15 is 0 Å². The molecule has 0 saturated carbocycles. The van der Waals surface area contributed by atoms with Crippen LogP contribution in [-0.4, -0.2) is 68.4 Å². The van der Waals surface area contributed by atoms with Gasteiger partial charge in [-0.05, 0) is 43.8 Å². The van der Waals surface area contributed by atoms with Crippen LogP contribution in [0.3, 0.4) is 0 Å². The lowest BCUT2D eigenvalue weighted by Crippen LogP contribution is -2.35. The zero-order chi connectivity index (χ0) is 15.9. The van der Waals surface area contributed by atoms with Crippen LogP contribution in [0.25, 0.3) is 0 Å². The SMILES string of the molecule is CN(C)C(=O)c1ccc(NC(=O)CN2CCCNCC2)cc1.Cl. The highest BCUT2D eigenvalue weighted by atomic mass is 35.5. The number of hydrogen-bond donors (Lipinski definition) is 2. The molecule has 0 spiro atoms. The number of benzene rings is 1. The van der Waals surface area contributed by atoms with Crippen LogP contribution in [0, 0.1) is 0 Å². The summed E-state index contributed by atoms with van der Waals surface area (Å²) in [6, 6.07) is 6.98. The average Bonchev–Trinajstić information content (AvgIpc) is 2.75. The van der Waals surface area contributed by atoms with Gasteiger partial charge in [0.15, 0.2) is 0 Å². The Hall–Kier alpha value is -1.63. The van der Waals surface area contributed by atoms with E-state index in [0.717, 1.165) is 32.6 Å². The van der Waals surface area contributed by atoms with Gasteiger partial charge in [-0.2, -0.15) is 0 Å². The molecule has 128 valence electrons. The van der Waals surface area contributed by atoms with Crippen molar-refractivity contribution in [2.75, 3.05) is 52.1 Å². The van der Waals surface area contributed by atoms with Gasteiger partial charge in [0.05, 0.1) is 6.54 Å². The zero-order valence-electron chi connectivity index (χ0n) is 13.7. The Kier molecular flexibility index (Phi) is 8.02. The van der Waals surface area contributed by atoms with E-state index in [1.54, 1.807) is 38.4 Å². The molecule has 1 heterocycles. The van der Waals surface area contributed by atoms with Gasteiger partial charge in [0.2, 0.25) is 5.91 Å². The number of amides is 2. The van der Waals surface area contributed by atoms with Crippen molar-refractivity contribution in [3.63, 3.8) is 0 Å². The number of carbonyl (C=O) groups excluding carboxylic acids is 2. The van der Waals surface area contributed by atoms with Crippen molar-refractivity contribution in [2.45, 2.75) is 6.42 Å². The summed E-state index contributed by atoms with van der Waals surface area (Å²) in [5.74, 6) is -0.0662. The molecule has 1 aromatic rings. The standard InChI is InChI=1S/C16H24N4O2.ClH/c1-19(2)16(22)13-4-6-14(7-5-13)18-15(21)12-20-10-3-8-17-9-11-20;/h4-7,17H,3,8-12H2,1-2H3,(H,18,21);1H. The smallest absolute Gasteiger partial charge is 0.253 e. The first-order valence-electron chi connectivity index (χ1n) is 7.61. The van der Waals surface area contributed by atoms with E-state index in [1.165, 1.54) is 4.90 Å². The van der Waals surface area contributed by atoms with Gasteiger partial charge in [-0.3, -0.25) is 14.5 Å². The molecule has 2 amide bonds. The Labute approximate surface area is 143 Å². The predicted octanol–water partition coefficient (Wildman–Crippen LogP) is 1.04. The van der Waals surface area contributed by atoms with Crippen LogP contribution >= 0.6 is 12.4 Å². The fourth-order valence-corrected chi connectivity index (χ4v) is 2.42. The summed E-state index contributed by atoms with van der Waals surface area (Å²) in [5.41, 5.74) is 1.33. The summed E-state index contributed by atoms with van der Waals surface area (Å²) in [7, 11) is 3.43. The number of hydrogen-bond acceptors (Lipinski definition) is 4. The summed E-state index contributed by atoms with van der Waals surface area (Å²) >= 11 is 0. The monoisotopic (exact) mass is 340 g/mol. The van der Waals surface area contributed by atoms with E-state index in [-0.39, 0.29) is 24.2 Å². The third-order valence-electron chi connectivity index (χ3n) is 3.62. The summed E-state index contributed by atoms with van der Waals surface area (Å²) in [4.78, 5) is 27.6. The third kappa shape index (κ3) is 6.17. The quantitative estimate of drug-likeness (QED) is 0.859. The van der Waals surface area contributed by atoms with Crippen LogP contribution in [0.5, 0.6) is 0 Å². The highest BCUT2D eigenvalue weighted by Gasteiger charge is 2.13. The molecule has 7 heteroatoms. The maximum Gasteiger partial charge on any atom is 0.253 e. The van der Waals surface area contributed by atoms with Crippen molar-refractivity contribution in [1.82, 2.24) is 15.1 Å². The second kappa shape index (κ2) is 9.50. The van der Waals surface area contributed by atoms with E-state index in [4.69, 9.17) is 0 Å². The molecule has 2 N–H and O–H groups in total. The van der Waals surface area contributed by atoms with E-state index in [0.29, 0.717) is 17.8 Å². The Morgan fingerprint density at radius 3 is 2.52 bits per heavy atom. The van der Waals surface area contributed by atoms with Crippen molar-refractivity contribution in [3.05, 3.63) is 29.8 Å². The van der Waals surface area contributed by atoms with Gasteiger partial charge in [0.25, 0.3) is 5.91 Å². The number of nitrogens with one attached hydrogen (secondary N) is 2. The summed E-state index contributed by atoms with van der Waals surface area (Å²) in [5, 5.41) is 6.20. The molecular formula is C16H25ClN4O2. The molecule has 0 bridgehead atoms. The van der Waals surface area contributed by atoms with Gasteiger partial charge in [0.1, 0.15) is 0 Å². The summed E-state index contributed by atoms with van der Waals surface area (Å²) < 4.78 is 0. The first-order valence-corrected chi connectivity index (χ1v) is 7.61. The second-order valence-electron chi connectivity index (χ2n) is 5.70. The van der Waals surface area contributed by atoms with Crippen LogP contribution in [0.2, 0.25) is 0 Å². The Morgan fingerprint density at radius 2 is 1.87 bits per heavy atom. The lowest BCUT2D eigenvalue weighted by atomic mass is 10.2. The maximum absolute atomic E-state index is 12.1. The largest absolute Gasteiger partial charge is 0.345 e. The fourth-order valence-electron chi connectivity index (χ4n) is 2.42. The van der Waals surface area contributed by atoms with E-state index in [2.05, 4.69) is 15.5 Å². The summed E-state index contributed by atoms with van der Waals surface area (Å²) in [6.07, 6.45) is 1.06. The maximum atomic E-state index is 12.1. The molecule has 0 aromatic heterocycles. The lowest BCUT2D eigenvalue weighted by Gasteiger charge is -2.18. The number of carbonyl (C=O) groups is 2. The fraction of sp³-hybridized carbons (Fsp3) is 0.500. The highest BCUT2D eigenvalue weighted by molar-refractivity contribution is 5.96. The minimum absolute atomic E-state index is 0. The molecule has 1 aliphatic rings. The number of rotatable bonds is 4. The van der Waals surface area contributed by atoms with E-state index < -0.39 is 0 Å². The average molecular weight is 341 g/mol. The Balaban J connectivity index is 0.00000264. The molecule has 0 radical (unpaired) electrons. The van der Waals surface area contributed by atoms with Gasteiger partial charge in [0, 0.05) is 38.4 Å². The van der Waals surface area contributed by atoms with Gasteiger partial charge in [-0.15, -0.1) is 12.4 Å². The molecule has 1 aliphatic heterocycles. The minimum atomic E-state index is -0.0463. The second-order valence-corrected chi connectivity index (χ2v) is 5.70. The Bertz CT molecular complexity index is 511. The van der Waals surface area contributed by atoms with Gasteiger partial charge in [-0.1, -0.05) is 0 Å². The number of halogens is 1. The number of nitrogens with zero attached hydrogens (tertiary/aromatic N) is 2.